The number of halogens is 1. The van der Waals surface area contributed by atoms with Crippen molar-refractivity contribution in [1.29, 1.82) is 0 Å². The van der Waals surface area contributed by atoms with Crippen LogP contribution in [-0.4, -0.2) is 6.10 Å². The Morgan fingerprint density at radius 1 is 0.783 bits per heavy atom. The van der Waals surface area contributed by atoms with Gasteiger partial charge in [-0.05, 0) is 67.9 Å². The molecule has 0 saturated heterocycles. The number of aryl methyl sites for hydroxylation is 1. The summed E-state index contributed by atoms with van der Waals surface area (Å²) in [6, 6.07) is 5.34. The molecule has 0 aromatic heterocycles. The van der Waals surface area contributed by atoms with E-state index in [1.165, 1.54) is 63.9 Å². The summed E-state index contributed by atoms with van der Waals surface area (Å²) in [7, 11) is 0. The van der Waals surface area contributed by atoms with Gasteiger partial charge in [-0.3, -0.25) is 0 Å². The van der Waals surface area contributed by atoms with E-state index in [1.54, 1.807) is 6.07 Å². The summed E-state index contributed by atoms with van der Waals surface area (Å²) in [5.74, 6) is 2.96. The molecule has 0 amide bonds. The van der Waals surface area contributed by atoms with Crippen molar-refractivity contribution in [1.82, 2.24) is 0 Å². The van der Waals surface area contributed by atoms with Crippen LogP contribution in [0.2, 0.25) is 0 Å². The Bertz CT molecular complexity index is 527. The van der Waals surface area contributed by atoms with E-state index in [9.17, 15) is 4.39 Å². The largest absolute Gasteiger partial charge is 0.487 e. The molecule has 1 unspecified atom stereocenters. The maximum absolute atomic E-state index is 14.0. The first-order valence-electron chi connectivity index (χ1n) is 9.75. The third kappa shape index (κ3) is 3.27. The molecule has 2 aliphatic carbocycles. The van der Waals surface area contributed by atoms with Crippen molar-refractivity contribution in [2.24, 2.45) is 17.8 Å². The van der Waals surface area contributed by atoms with E-state index in [4.69, 9.17) is 4.74 Å². The van der Waals surface area contributed by atoms with Gasteiger partial charge in [0.05, 0.1) is 0 Å². The highest BCUT2D eigenvalue weighted by Crippen LogP contribution is 2.43. The van der Waals surface area contributed by atoms with E-state index in [1.807, 2.05) is 6.07 Å². The van der Waals surface area contributed by atoms with Gasteiger partial charge in [0.1, 0.15) is 6.10 Å². The second kappa shape index (κ2) is 6.83. The van der Waals surface area contributed by atoms with Gasteiger partial charge in [-0.1, -0.05) is 44.2 Å². The van der Waals surface area contributed by atoms with Crippen LogP contribution in [0.15, 0.2) is 18.2 Å². The van der Waals surface area contributed by atoms with Crippen molar-refractivity contribution >= 4 is 0 Å². The first kappa shape index (κ1) is 15.5. The zero-order valence-electron chi connectivity index (χ0n) is 14.1. The lowest BCUT2D eigenvalue weighted by Gasteiger charge is -2.39. The third-order valence-corrected chi connectivity index (χ3v) is 6.67. The van der Waals surface area contributed by atoms with Gasteiger partial charge in [0.15, 0.2) is 11.6 Å². The van der Waals surface area contributed by atoms with Gasteiger partial charge in [0.25, 0.3) is 0 Å². The molecule has 1 aromatic carbocycles. The van der Waals surface area contributed by atoms with Crippen LogP contribution in [0.4, 0.5) is 4.39 Å². The van der Waals surface area contributed by atoms with Crippen molar-refractivity contribution in [2.45, 2.75) is 76.7 Å². The summed E-state index contributed by atoms with van der Waals surface area (Å²) in [5.41, 5.74) is 1.05. The molecule has 1 nitrogen and oxygen atoms in total. The first-order valence-corrected chi connectivity index (χ1v) is 9.75. The molecule has 0 radical (unpaired) electrons. The van der Waals surface area contributed by atoms with Crippen molar-refractivity contribution in [3.8, 4) is 5.75 Å². The van der Waals surface area contributed by atoms with Gasteiger partial charge in [0.2, 0.25) is 0 Å². The SMILES string of the molecule is Fc1cccc2c1OC(C1CCC(C3CCCCC3)CC1)CC2. The summed E-state index contributed by atoms with van der Waals surface area (Å²) < 4.78 is 20.1. The maximum atomic E-state index is 14.0. The zero-order valence-corrected chi connectivity index (χ0v) is 14.1. The maximum Gasteiger partial charge on any atom is 0.165 e. The molecule has 2 heteroatoms. The second-order valence-corrected chi connectivity index (χ2v) is 8.00. The second-order valence-electron chi connectivity index (χ2n) is 8.00. The molecular weight excluding hydrogens is 287 g/mol. The molecule has 126 valence electrons. The van der Waals surface area contributed by atoms with E-state index >= 15 is 0 Å². The highest BCUT2D eigenvalue weighted by Gasteiger charge is 2.34. The van der Waals surface area contributed by atoms with Gasteiger partial charge in [-0.15, -0.1) is 0 Å². The van der Waals surface area contributed by atoms with Gasteiger partial charge < -0.3 is 4.74 Å². The summed E-state index contributed by atoms with van der Waals surface area (Å²) in [4.78, 5) is 0. The number of hydrogen-bond donors (Lipinski definition) is 0. The fourth-order valence-corrected chi connectivity index (χ4v) is 5.32. The van der Waals surface area contributed by atoms with Crippen LogP contribution in [-0.2, 0) is 6.42 Å². The number of rotatable bonds is 2. The minimum Gasteiger partial charge on any atom is -0.487 e. The molecule has 1 atom stereocenters. The van der Waals surface area contributed by atoms with Crippen LogP contribution < -0.4 is 4.74 Å². The van der Waals surface area contributed by atoms with Crippen LogP contribution in [0.5, 0.6) is 5.75 Å². The molecule has 1 heterocycles. The molecule has 2 saturated carbocycles. The number of fused-ring (bicyclic) bond motifs is 1. The normalized spacial score (nSPS) is 32.1. The molecular formula is C21H29FO. The van der Waals surface area contributed by atoms with Crippen molar-refractivity contribution in [2.75, 3.05) is 0 Å². The Kier molecular flexibility index (Phi) is 4.59. The topological polar surface area (TPSA) is 9.23 Å². The van der Waals surface area contributed by atoms with Crippen molar-refractivity contribution in [3.05, 3.63) is 29.6 Å². The van der Waals surface area contributed by atoms with Gasteiger partial charge in [0, 0.05) is 0 Å². The van der Waals surface area contributed by atoms with Crippen LogP contribution in [0.3, 0.4) is 0 Å². The Morgan fingerprint density at radius 3 is 2.26 bits per heavy atom. The zero-order chi connectivity index (χ0) is 15.6. The Hall–Kier alpha value is -1.05. The van der Waals surface area contributed by atoms with E-state index in [2.05, 4.69) is 0 Å². The average molecular weight is 316 g/mol. The highest BCUT2D eigenvalue weighted by atomic mass is 19.1. The fourth-order valence-electron chi connectivity index (χ4n) is 5.32. The lowest BCUT2D eigenvalue weighted by molar-refractivity contribution is 0.0598. The Labute approximate surface area is 139 Å². The molecule has 0 spiro atoms. The van der Waals surface area contributed by atoms with Crippen molar-refractivity contribution < 1.29 is 9.13 Å². The summed E-state index contributed by atoms with van der Waals surface area (Å²) in [5, 5.41) is 0. The van der Waals surface area contributed by atoms with Gasteiger partial charge >= 0.3 is 0 Å². The summed E-state index contributed by atoms with van der Waals surface area (Å²) in [6.45, 7) is 0. The molecule has 4 rings (SSSR count). The lowest BCUT2D eigenvalue weighted by atomic mass is 9.69. The molecule has 0 bridgehead atoms. The van der Waals surface area contributed by atoms with E-state index in [-0.39, 0.29) is 11.9 Å². The molecule has 23 heavy (non-hydrogen) atoms. The summed E-state index contributed by atoms with van der Waals surface area (Å²) in [6.07, 6.45) is 14.9. The fraction of sp³-hybridized carbons (Fsp3) is 0.714. The third-order valence-electron chi connectivity index (χ3n) is 6.67. The Balaban J connectivity index is 1.35. The smallest absolute Gasteiger partial charge is 0.165 e. The Morgan fingerprint density at radius 2 is 1.48 bits per heavy atom. The van der Waals surface area contributed by atoms with E-state index in [0.29, 0.717) is 11.7 Å². The number of benzene rings is 1. The predicted octanol–water partition coefficient (Wildman–Crippen LogP) is 5.91. The van der Waals surface area contributed by atoms with E-state index < -0.39 is 0 Å². The van der Waals surface area contributed by atoms with Crippen LogP contribution in [0, 0.1) is 23.6 Å². The molecule has 1 aromatic rings. The minimum absolute atomic E-state index is 0.178. The number of hydrogen-bond acceptors (Lipinski definition) is 1. The quantitative estimate of drug-likeness (QED) is 0.659. The number of para-hydroxylation sites is 1. The van der Waals surface area contributed by atoms with Crippen LogP contribution in [0.25, 0.3) is 0 Å². The monoisotopic (exact) mass is 316 g/mol. The van der Waals surface area contributed by atoms with Crippen molar-refractivity contribution in [3.63, 3.8) is 0 Å². The predicted molar refractivity (Wildman–Crippen MR) is 91.2 cm³/mol. The minimum atomic E-state index is -0.178. The molecule has 2 fully saturated rings. The van der Waals surface area contributed by atoms with E-state index in [0.717, 1.165) is 30.2 Å². The highest BCUT2D eigenvalue weighted by molar-refractivity contribution is 5.36. The van der Waals surface area contributed by atoms with Crippen LogP contribution in [0.1, 0.15) is 69.8 Å². The lowest BCUT2D eigenvalue weighted by Crippen LogP contribution is -2.35. The van der Waals surface area contributed by atoms with Gasteiger partial charge in [-0.2, -0.15) is 0 Å². The molecule has 0 N–H and O–H groups in total. The van der Waals surface area contributed by atoms with Gasteiger partial charge in [-0.25, -0.2) is 4.39 Å². The average Bonchev–Trinajstić information content (AvgIpc) is 2.63. The standard InChI is InChI=1S/C21H29FO/c22-19-8-4-7-18-13-14-20(23-21(18)19)17-11-9-16(10-12-17)15-5-2-1-3-6-15/h4,7-8,15-17,20H,1-3,5-6,9-14H2. The van der Waals surface area contributed by atoms with Crippen LogP contribution >= 0.6 is 0 Å². The molecule has 1 aliphatic heterocycles. The first-order chi connectivity index (χ1) is 11.3. The summed E-state index contributed by atoms with van der Waals surface area (Å²) >= 11 is 0. The molecule has 3 aliphatic rings. The number of ether oxygens (including phenoxy) is 1.